The van der Waals surface area contributed by atoms with E-state index < -0.39 is 19.8 Å². The fourth-order valence-electron chi connectivity index (χ4n) is 3.09. The van der Waals surface area contributed by atoms with Crippen LogP contribution in [0.4, 0.5) is 0 Å². The van der Waals surface area contributed by atoms with Gasteiger partial charge in [-0.2, -0.15) is 0 Å². The van der Waals surface area contributed by atoms with Gasteiger partial charge in [0.05, 0.1) is 8.80 Å². The molecule has 0 spiro atoms. The molecule has 2 radical (unpaired) electrons. The molecule has 0 atom stereocenters. The zero-order valence-corrected chi connectivity index (χ0v) is 20.4. The van der Waals surface area contributed by atoms with Crippen LogP contribution < -0.4 is 15.9 Å². The van der Waals surface area contributed by atoms with E-state index in [1.165, 1.54) is 15.9 Å². The van der Waals surface area contributed by atoms with Gasteiger partial charge in [-0.05, 0) is 0 Å². The number of hydrogen-bond donors (Lipinski definition) is 0. The normalized spacial score (nSPS) is 10.4. The molecule has 4 aromatic rings. The summed E-state index contributed by atoms with van der Waals surface area (Å²) in [5.41, 5.74) is 0. The van der Waals surface area contributed by atoms with E-state index in [1.807, 2.05) is 0 Å². The maximum absolute atomic E-state index is 2.31. The SMILES string of the molecule is C[Si](C)c1ccccc1.c1cc[c]([Sn]([c]2ccccc2)[c]2ccccc2)cc1. The van der Waals surface area contributed by atoms with Gasteiger partial charge in [0.15, 0.2) is 0 Å². The molecule has 0 aliphatic rings. The molecule has 0 aliphatic carbocycles. The summed E-state index contributed by atoms with van der Waals surface area (Å²) in [5.74, 6) is 0. The number of rotatable bonds is 4. The third kappa shape index (κ3) is 5.95. The van der Waals surface area contributed by atoms with Crippen molar-refractivity contribution in [2.45, 2.75) is 13.1 Å². The van der Waals surface area contributed by atoms with E-state index in [9.17, 15) is 0 Å². The molecule has 2 heteroatoms. The second-order valence-electron chi connectivity index (χ2n) is 6.84. The number of benzene rings is 4. The predicted octanol–water partition coefficient (Wildman–Crippen LogP) is 3.85. The molecule has 0 bridgehead atoms. The van der Waals surface area contributed by atoms with Crippen molar-refractivity contribution in [3.8, 4) is 0 Å². The zero-order chi connectivity index (χ0) is 19.6. The summed E-state index contributed by atoms with van der Waals surface area (Å²) in [6, 6.07) is 43.6. The molecule has 0 heterocycles. The topological polar surface area (TPSA) is 0 Å². The van der Waals surface area contributed by atoms with Gasteiger partial charge >= 0.3 is 121 Å². The van der Waals surface area contributed by atoms with E-state index in [2.05, 4.69) is 134 Å². The summed E-state index contributed by atoms with van der Waals surface area (Å²) in [4.78, 5) is 0. The summed E-state index contributed by atoms with van der Waals surface area (Å²) in [7, 11) is -0.212. The molecule has 0 saturated heterocycles. The van der Waals surface area contributed by atoms with Crippen LogP contribution in [0.1, 0.15) is 0 Å². The Hall–Kier alpha value is -2.10. The van der Waals surface area contributed by atoms with Gasteiger partial charge in [-0.1, -0.05) is 48.6 Å². The molecule has 138 valence electrons. The van der Waals surface area contributed by atoms with Crippen LogP contribution in [0.5, 0.6) is 0 Å². The average molecular weight is 485 g/mol. The van der Waals surface area contributed by atoms with E-state index >= 15 is 0 Å². The van der Waals surface area contributed by atoms with Crippen molar-refractivity contribution in [1.29, 1.82) is 0 Å². The van der Waals surface area contributed by atoms with Crippen molar-refractivity contribution in [2.24, 2.45) is 0 Å². The van der Waals surface area contributed by atoms with Gasteiger partial charge in [-0.3, -0.25) is 0 Å². The van der Waals surface area contributed by atoms with Gasteiger partial charge in [-0.25, -0.2) is 0 Å². The summed E-state index contributed by atoms with van der Waals surface area (Å²) in [5, 5.41) is 1.52. The van der Waals surface area contributed by atoms with E-state index in [0.29, 0.717) is 0 Å². The third-order valence-corrected chi connectivity index (χ3v) is 13.8. The fourth-order valence-corrected chi connectivity index (χ4v) is 11.3. The molecular weight excluding hydrogens is 459 g/mol. The van der Waals surface area contributed by atoms with Crippen molar-refractivity contribution in [2.75, 3.05) is 0 Å². The van der Waals surface area contributed by atoms with Crippen LogP contribution in [-0.4, -0.2) is 28.6 Å². The molecule has 0 unspecified atom stereocenters. The van der Waals surface area contributed by atoms with Crippen LogP contribution >= 0.6 is 0 Å². The monoisotopic (exact) mass is 486 g/mol. The molecule has 0 aromatic heterocycles. The maximum atomic E-state index is 2.31. The Morgan fingerprint density at radius 2 is 0.714 bits per heavy atom. The quantitative estimate of drug-likeness (QED) is 0.386. The molecule has 0 nitrogen and oxygen atoms in total. The first-order chi connectivity index (χ1) is 13.8. The second-order valence-corrected chi connectivity index (χ2v) is 16.5. The molecule has 0 N–H and O–H groups in total. The van der Waals surface area contributed by atoms with E-state index in [1.54, 1.807) is 0 Å². The van der Waals surface area contributed by atoms with E-state index in [0.717, 1.165) is 0 Å². The summed E-state index contributed by atoms with van der Waals surface area (Å²) >= 11 is -1.98. The van der Waals surface area contributed by atoms with Crippen molar-refractivity contribution in [3.05, 3.63) is 121 Å². The third-order valence-electron chi connectivity index (χ3n) is 4.54. The van der Waals surface area contributed by atoms with Gasteiger partial charge in [0.2, 0.25) is 0 Å². The van der Waals surface area contributed by atoms with Crippen molar-refractivity contribution >= 4 is 44.5 Å². The van der Waals surface area contributed by atoms with Crippen molar-refractivity contribution in [3.63, 3.8) is 0 Å². The molecule has 0 amide bonds. The molecule has 0 saturated carbocycles. The van der Waals surface area contributed by atoms with E-state index in [4.69, 9.17) is 0 Å². The Balaban J connectivity index is 0.000000211. The second kappa shape index (κ2) is 11.0. The van der Waals surface area contributed by atoms with Crippen LogP contribution in [-0.2, 0) is 0 Å². The van der Waals surface area contributed by atoms with Crippen molar-refractivity contribution in [1.82, 2.24) is 0 Å². The molecular formula is C26H26SiSn. The Kier molecular flexibility index (Phi) is 8.13. The van der Waals surface area contributed by atoms with Crippen molar-refractivity contribution < 1.29 is 0 Å². The molecule has 0 aliphatic heterocycles. The molecule has 4 aromatic carbocycles. The van der Waals surface area contributed by atoms with Gasteiger partial charge in [0, 0.05) is 0 Å². The van der Waals surface area contributed by atoms with Crippen LogP contribution in [0.25, 0.3) is 0 Å². The van der Waals surface area contributed by atoms with Crippen LogP contribution in [0, 0.1) is 0 Å². The van der Waals surface area contributed by atoms with Gasteiger partial charge in [-0.15, -0.1) is 0 Å². The van der Waals surface area contributed by atoms with E-state index in [-0.39, 0.29) is 8.80 Å². The summed E-state index contributed by atoms with van der Waals surface area (Å²) in [6.07, 6.45) is 0. The minimum absolute atomic E-state index is 0.212. The Labute approximate surface area is 178 Å². The predicted molar refractivity (Wildman–Crippen MR) is 128 cm³/mol. The van der Waals surface area contributed by atoms with Gasteiger partial charge < -0.3 is 0 Å². The molecule has 4 rings (SSSR count). The molecule has 0 fully saturated rings. The number of hydrogen-bond acceptors (Lipinski definition) is 0. The Bertz CT molecular complexity index is 829. The van der Waals surface area contributed by atoms with Crippen LogP contribution in [0.2, 0.25) is 13.1 Å². The Morgan fingerprint density at radius 3 is 0.964 bits per heavy atom. The summed E-state index contributed by atoms with van der Waals surface area (Å²) in [6.45, 7) is 4.61. The summed E-state index contributed by atoms with van der Waals surface area (Å²) < 4.78 is 4.59. The Morgan fingerprint density at radius 1 is 0.429 bits per heavy atom. The minimum atomic E-state index is -1.98. The molecule has 28 heavy (non-hydrogen) atoms. The van der Waals surface area contributed by atoms with Crippen LogP contribution in [0.15, 0.2) is 121 Å². The average Bonchev–Trinajstić information content (AvgIpc) is 2.77. The first-order valence-electron chi connectivity index (χ1n) is 9.64. The van der Waals surface area contributed by atoms with Gasteiger partial charge in [0.1, 0.15) is 0 Å². The fraction of sp³-hybridized carbons (Fsp3) is 0.0769. The first-order valence-corrected chi connectivity index (χ1v) is 16.4. The standard InChI is InChI=1S/C8H11Si.3C6H5.Sn/c1-9(2)8-6-4-3-5-7-8;3*1-2-4-6-5-3-1;/h3-7H,1-2H3;3*1-5H;. The van der Waals surface area contributed by atoms with Gasteiger partial charge in [0.25, 0.3) is 0 Å². The zero-order valence-electron chi connectivity index (χ0n) is 16.5. The van der Waals surface area contributed by atoms with Crippen LogP contribution in [0.3, 0.4) is 0 Å². The first kappa shape index (κ1) is 20.6.